The van der Waals surface area contributed by atoms with Gasteiger partial charge in [0.15, 0.2) is 6.23 Å². The first-order chi connectivity index (χ1) is 12.5. The van der Waals surface area contributed by atoms with E-state index in [-0.39, 0.29) is 11.5 Å². The molecule has 0 saturated heterocycles. The average Bonchev–Trinajstić information content (AvgIpc) is 2.79. The number of amides is 1. The number of methoxy groups -OCH3 is 1. The summed E-state index contributed by atoms with van der Waals surface area (Å²) >= 11 is 0. The molecule has 2 aromatic rings. The molecule has 1 aliphatic rings. The molecule has 1 amide bonds. The van der Waals surface area contributed by atoms with Crippen LogP contribution in [0.2, 0.25) is 0 Å². The fraction of sp³-hybridized carbons (Fsp3) is 0.158. The molecule has 1 unspecified atom stereocenters. The molecule has 1 atom stereocenters. The number of nitrogens with one attached hydrogen (secondary N) is 3. The standard InChI is InChI=1S/C19H19N3O4/c1-20-15(11-7-9-12(10-8-11)19(24)25)16-17(23)21-14-6-4-3-5-13(14)18(22-16)26-2/h3-10,18,20,22H,1-2H3,(H,21,23)(H,24,25)/b16-15-. The van der Waals surface area contributed by atoms with Crippen molar-refractivity contribution >= 4 is 23.3 Å². The van der Waals surface area contributed by atoms with E-state index in [4.69, 9.17) is 9.84 Å². The lowest BCUT2D eigenvalue weighted by molar-refractivity contribution is -0.113. The SMILES string of the molecule is CN/C(=C1\NC(OC)c2ccccc2NC1=O)c1ccc(C(=O)O)cc1. The summed E-state index contributed by atoms with van der Waals surface area (Å²) in [5.74, 6) is -1.32. The van der Waals surface area contributed by atoms with Crippen LogP contribution in [0.25, 0.3) is 5.70 Å². The van der Waals surface area contributed by atoms with Gasteiger partial charge >= 0.3 is 5.97 Å². The first kappa shape index (κ1) is 17.5. The molecule has 134 valence electrons. The van der Waals surface area contributed by atoms with E-state index in [9.17, 15) is 9.59 Å². The predicted octanol–water partition coefficient (Wildman–Crippen LogP) is 2.16. The minimum atomic E-state index is -1.00. The number of benzene rings is 2. The number of hydrogen-bond acceptors (Lipinski definition) is 5. The van der Waals surface area contributed by atoms with Crippen LogP contribution in [0.5, 0.6) is 0 Å². The van der Waals surface area contributed by atoms with Crippen LogP contribution < -0.4 is 16.0 Å². The maximum Gasteiger partial charge on any atom is 0.335 e. The van der Waals surface area contributed by atoms with Gasteiger partial charge in [0.2, 0.25) is 0 Å². The molecule has 4 N–H and O–H groups in total. The minimum absolute atomic E-state index is 0.176. The Morgan fingerprint density at radius 1 is 1.12 bits per heavy atom. The van der Waals surface area contributed by atoms with Crippen molar-refractivity contribution in [3.05, 3.63) is 70.9 Å². The quantitative estimate of drug-likeness (QED) is 0.629. The highest BCUT2D eigenvalue weighted by Gasteiger charge is 2.27. The van der Waals surface area contributed by atoms with Gasteiger partial charge in [0, 0.05) is 25.4 Å². The largest absolute Gasteiger partial charge is 0.478 e. The summed E-state index contributed by atoms with van der Waals surface area (Å²) in [6, 6.07) is 13.7. The second-order valence-corrected chi connectivity index (χ2v) is 5.68. The normalized spacial score (nSPS) is 18.1. The first-order valence-electron chi connectivity index (χ1n) is 8.00. The van der Waals surface area contributed by atoms with E-state index in [1.807, 2.05) is 24.3 Å². The van der Waals surface area contributed by atoms with Crippen molar-refractivity contribution < 1.29 is 19.4 Å². The minimum Gasteiger partial charge on any atom is -0.478 e. The average molecular weight is 353 g/mol. The smallest absolute Gasteiger partial charge is 0.335 e. The topological polar surface area (TPSA) is 99.7 Å². The Morgan fingerprint density at radius 2 is 1.77 bits per heavy atom. The highest BCUT2D eigenvalue weighted by atomic mass is 16.5. The first-order valence-corrected chi connectivity index (χ1v) is 8.00. The molecule has 0 aliphatic carbocycles. The van der Waals surface area contributed by atoms with Gasteiger partial charge in [-0.05, 0) is 23.8 Å². The monoisotopic (exact) mass is 353 g/mol. The second-order valence-electron chi connectivity index (χ2n) is 5.68. The molecule has 0 radical (unpaired) electrons. The Hall–Kier alpha value is -3.32. The number of fused-ring (bicyclic) bond motifs is 1. The van der Waals surface area contributed by atoms with Gasteiger partial charge < -0.3 is 25.8 Å². The number of hydrogen-bond donors (Lipinski definition) is 4. The van der Waals surface area contributed by atoms with Crippen molar-refractivity contribution in [1.29, 1.82) is 0 Å². The summed E-state index contributed by atoms with van der Waals surface area (Å²) in [6.45, 7) is 0. The van der Waals surface area contributed by atoms with Crippen LogP contribution in [0.4, 0.5) is 5.69 Å². The lowest BCUT2D eigenvalue weighted by Crippen LogP contribution is -2.30. The molecule has 1 aliphatic heterocycles. The van der Waals surface area contributed by atoms with Gasteiger partial charge in [0.25, 0.3) is 5.91 Å². The number of ether oxygens (including phenoxy) is 1. The molecule has 0 bridgehead atoms. The molecule has 2 aromatic carbocycles. The van der Waals surface area contributed by atoms with E-state index in [0.717, 1.165) is 5.56 Å². The van der Waals surface area contributed by atoms with E-state index < -0.39 is 12.2 Å². The van der Waals surface area contributed by atoms with Crippen molar-refractivity contribution in [3.63, 3.8) is 0 Å². The van der Waals surface area contributed by atoms with Gasteiger partial charge in [-0.15, -0.1) is 0 Å². The number of carboxylic acids is 1. The van der Waals surface area contributed by atoms with Crippen LogP contribution in [0, 0.1) is 0 Å². The Balaban J connectivity index is 2.06. The molecule has 7 nitrogen and oxygen atoms in total. The third-order valence-corrected chi connectivity index (χ3v) is 4.15. The molecule has 0 saturated carbocycles. The maximum atomic E-state index is 12.8. The number of rotatable bonds is 4. The lowest BCUT2D eigenvalue weighted by Gasteiger charge is -2.20. The van der Waals surface area contributed by atoms with Gasteiger partial charge in [0.05, 0.1) is 11.3 Å². The van der Waals surface area contributed by atoms with E-state index in [2.05, 4.69) is 16.0 Å². The Morgan fingerprint density at radius 3 is 2.38 bits per heavy atom. The van der Waals surface area contributed by atoms with Crippen molar-refractivity contribution in [2.24, 2.45) is 0 Å². The number of carbonyl (C=O) groups excluding carboxylic acids is 1. The van der Waals surface area contributed by atoms with Gasteiger partial charge in [-0.2, -0.15) is 0 Å². The van der Waals surface area contributed by atoms with Gasteiger partial charge in [-0.3, -0.25) is 4.79 Å². The van der Waals surface area contributed by atoms with Gasteiger partial charge in [-0.1, -0.05) is 30.3 Å². The van der Waals surface area contributed by atoms with Crippen LogP contribution in [-0.4, -0.2) is 31.1 Å². The lowest BCUT2D eigenvalue weighted by atomic mass is 10.1. The number of aromatic carboxylic acids is 1. The third-order valence-electron chi connectivity index (χ3n) is 4.15. The van der Waals surface area contributed by atoms with Crippen molar-refractivity contribution in [1.82, 2.24) is 10.6 Å². The van der Waals surface area contributed by atoms with Crippen LogP contribution >= 0.6 is 0 Å². The molecule has 0 fully saturated rings. The number of anilines is 1. The maximum absolute atomic E-state index is 12.8. The van der Waals surface area contributed by atoms with E-state index in [1.54, 1.807) is 26.3 Å². The molecule has 7 heteroatoms. The van der Waals surface area contributed by atoms with Crippen molar-refractivity contribution in [2.75, 3.05) is 19.5 Å². The van der Waals surface area contributed by atoms with E-state index in [0.29, 0.717) is 22.6 Å². The van der Waals surface area contributed by atoms with Crippen LogP contribution in [-0.2, 0) is 9.53 Å². The Bertz CT molecular complexity index is 875. The Labute approximate surface area is 150 Å². The summed E-state index contributed by atoms with van der Waals surface area (Å²) in [7, 11) is 3.25. The summed E-state index contributed by atoms with van der Waals surface area (Å²) in [6.07, 6.45) is -0.512. The van der Waals surface area contributed by atoms with Crippen molar-refractivity contribution in [3.8, 4) is 0 Å². The fourth-order valence-electron chi connectivity index (χ4n) is 2.86. The van der Waals surface area contributed by atoms with Crippen LogP contribution in [0.3, 0.4) is 0 Å². The molecular formula is C19H19N3O4. The molecule has 3 rings (SSSR count). The van der Waals surface area contributed by atoms with Crippen LogP contribution in [0.1, 0.15) is 27.7 Å². The third kappa shape index (κ3) is 3.25. The molecule has 26 heavy (non-hydrogen) atoms. The summed E-state index contributed by atoms with van der Waals surface area (Å²) < 4.78 is 5.51. The highest BCUT2D eigenvalue weighted by Crippen LogP contribution is 2.29. The zero-order valence-corrected chi connectivity index (χ0v) is 14.4. The van der Waals surface area contributed by atoms with E-state index >= 15 is 0 Å². The van der Waals surface area contributed by atoms with E-state index in [1.165, 1.54) is 12.1 Å². The van der Waals surface area contributed by atoms with Crippen molar-refractivity contribution in [2.45, 2.75) is 6.23 Å². The highest BCUT2D eigenvalue weighted by molar-refractivity contribution is 6.09. The molecular weight excluding hydrogens is 334 g/mol. The summed E-state index contributed by atoms with van der Waals surface area (Å²) in [4.78, 5) is 23.8. The number of carbonyl (C=O) groups is 2. The zero-order chi connectivity index (χ0) is 18.7. The summed E-state index contributed by atoms with van der Waals surface area (Å²) in [5.41, 5.74) is 3.18. The fourth-order valence-corrected chi connectivity index (χ4v) is 2.86. The molecule has 1 heterocycles. The van der Waals surface area contributed by atoms with Gasteiger partial charge in [-0.25, -0.2) is 4.79 Å². The Kier molecular flexibility index (Phi) is 4.90. The number of para-hydroxylation sites is 1. The van der Waals surface area contributed by atoms with Gasteiger partial charge in [0.1, 0.15) is 5.70 Å². The second kappa shape index (κ2) is 7.28. The molecule has 0 spiro atoms. The van der Waals surface area contributed by atoms with Crippen LogP contribution in [0.15, 0.2) is 54.2 Å². The number of carboxylic acid groups (broad SMARTS) is 1. The predicted molar refractivity (Wildman–Crippen MR) is 97.3 cm³/mol. The molecule has 0 aromatic heterocycles. The summed E-state index contributed by atoms with van der Waals surface area (Å²) in [5, 5.41) is 18.1. The zero-order valence-electron chi connectivity index (χ0n) is 14.4.